The molecule has 1 saturated heterocycles. The first-order valence-corrected chi connectivity index (χ1v) is 9.11. The van der Waals surface area contributed by atoms with Crippen molar-refractivity contribution in [1.82, 2.24) is 4.98 Å². The van der Waals surface area contributed by atoms with Crippen LogP contribution in [0, 0.1) is 0 Å². The summed E-state index contributed by atoms with van der Waals surface area (Å²) in [6.45, 7) is 3.72. The van der Waals surface area contributed by atoms with E-state index in [1.807, 2.05) is 18.2 Å². The second kappa shape index (κ2) is 9.20. The molecule has 0 bridgehead atoms. The number of rotatable bonds is 8. The Morgan fingerprint density at radius 2 is 1.92 bits per heavy atom. The molecule has 1 aliphatic heterocycles. The van der Waals surface area contributed by atoms with Gasteiger partial charge in [-0.25, -0.2) is 0 Å². The molecule has 6 heteroatoms. The van der Waals surface area contributed by atoms with Crippen molar-refractivity contribution in [3.8, 4) is 0 Å². The fourth-order valence-corrected chi connectivity index (χ4v) is 3.04. The molecule has 26 heavy (non-hydrogen) atoms. The number of methoxy groups -OCH3 is 1. The SMILES string of the molecule is COCCCNc1ccnc(C(=O)Nc2ccc(N3CCCC3)cc2)c1. The number of carbonyl (C=O) groups excluding carboxylic acids is 1. The van der Waals surface area contributed by atoms with Crippen molar-refractivity contribution in [2.24, 2.45) is 0 Å². The molecule has 0 unspecified atom stereocenters. The molecule has 2 heterocycles. The predicted octanol–water partition coefficient (Wildman–Crippen LogP) is 3.38. The second-order valence-electron chi connectivity index (χ2n) is 6.40. The summed E-state index contributed by atoms with van der Waals surface area (Å²) in [4.78, 5) is 19.0. The number of aromatic nitrogens is 1. The minimum absolute atomic E-state index is 0.209. The van der Waals surface area contributed by atoms with Gasteiger partial charge in [0.25, 0.3) is 5.91 Å². The lowest BCUT2D eigenvalue weighted by Crippen LogP contribution is -2.18. The van der Waals surface area contributed by atoms with E-state index in [1.165, 1.54) is 18.5 Å². The summed E-state index contributed by atoms with van der Waals surface area (Å²) in [5.41, 5.74) is 3.26. The average Bonchev–Trinajstić information content (AvgIpc) is 3.21. The standard InChI is InChI=1S/C20H26N4O2/c1-26-14-4-10-21-17-9-11-22-19(15-17)20(25)23-16-5-7-18(8-6-16)24-12-2-3-13-24/h5-9,11,15H,2-4,10,12-14H2,1H3,(H,21,22)(H,23,25). The van der Waals surface area contributed by atoms with Gasteiger partial charge >= 0.3 is 0 Å². The summed E-state index contributed by atoms with van der Waals surface area (Å²) in [5, 5.41) is 6.18. The highest BCUT2D eigenvalue weighted by atomic mass is 16.5. The van der Waals surface area contributed by atoms with Crippen LogP contribution in [0.4, 0.5) is 17.1 Å². The Morgan fingerprint density at radius 3 is 2.65 bits per heavy atom. The number of ether oxygens (including phenoxy) is 1. The van der Waals surface area contributed by atoms with Crippen LogP contribution < -0.4 is 15.5 Å². The molecular weight excluding hydrogens is 328 g/mol. The van der Waals surface area contributed by atoms with Crippen molar-refractivity contribution in [2.75, 3.05) is 48.9 Å². The van der Waals surface area contributed by atoms with Crippen LogP contribution in [0.15, 0.2) is 42.6 Å². The highest BCUT2D eigenvalue weighted by molar-refractivity contribution is 6.03. The number of hydrogen-bond donors (Lipinski definition) is 2. The second-order valence-corrected chi connectivity index (χ2v) is 6.40. The molecule has 138 valence electrons. The Balaban J connectivity index is 1.57. The largest absolute Gasteiger partial charge is 0.385 e. The maximum atomic E-state index is 12.5. The van der Waals surface area contributed by atoms with E-state index in [4.69, 9.17) is 4.74 Å². The van der Waals surface area contributed by atoms with Crippen molar-refractivity contribution in [1.29, 1.82) is 0 Å². The van der Waals surface area contributed by atoms with Gasteiger partial charge in [-0.15, -0.1) is 0 Å². The van der Waals surface area contributed by atoms with Gasteiger partial charge in [-0.3, -0.25) is 9.78 Å². The maximum Gasteiger partial charge on any atom is 0.274 e. The zero-order valence-corrected chi connectivity index (χ0v) is 15.2. The summed E-state index contributed by atoms with van der Waals surface area (Å²) in [7, 11) is 1.69. The van der Waals surface area contributed by atoms with E-state index in [2.05, 4.69) is 32.7 Å². The van der Waals surface area contributed by atoms with Crippen LogP contribution >= 0.6 is 0 Å². The fraction of sp³-hybridized carbons (Fsp3) is 0.400. The van der Waals surface area contributed by atoms with Crippen molar-refractivity contribution >= 4 is 23.0 Å². The first-order valence-electron chi connectivity index (χ1n) is 9.11. The van der Waals surface area contributed by atoms with E-state index in [1.54, 1.807) is 19.4 Å². The van der Waals surface area contributed by atoms with Crippen LogP contribution in [-0.2, 0) is 4.74 Å². The van der Waals surface area contributed by atoms with E-state index in [-0.39, 0.29) is 5.91 Å². The fourth-order valence-electron chi connectivity index (χ4n) is 3.04. The molecule has 2 aromatic rings. The van der Waals surface area contributed by atoms with E-state index in [9.17, 15) is 4.79 Å². The molecule has 1 fully saturated rings. The minimum Gasteiger partial charge on any atom is -0.385 e. The lowest BCUT2D eigenvalue weighted by molar-refractivity contribution is 0.102. The third kappa shape index (κ3) is 4.95. The monoisotopic (exact) mass is 354 g/mol. The van der Waals surface area contributed by atoms with Gasteiger partial charge in [0.05, 0.1) is 0 Å². The van der Waals surface area contributed by atoms with Crippen LogP contribution in [0.1, 0.15) is 29.8 Å². The van der Waals surface area contributed by atoms with Gasteiger partial charge in [0.15, 0.2) is 0 Å². The van der Waals surface area contributed by atoms with Crippen molar-refractivity contribution < 1.29 is 9.53 Å². The Kier molecular flexibility index (Phi) is 6.44. The van der Waals surface area contributed by atoms with Gasteiger partial charge in [0.2, 0.25) is 0 Å². The third-order valence-electron chi connectivity index (χ3n) is 4.44. The minimum atomic E-state index is -0.209. The molecule has 6 nitrogen and oxygen atoms in total. The number of nitrogens with one attached hydrogen (secondary N) is 2. The number of anilines is 3. The van der Waals surface area contributed by atoms with E-state index < -0.39 is 0 Å². The zero-order valence-electron chi connectivity index (χ0n) is 15.2. The number of hydrogen-bond acceptors (Lipinski definition) is 5. The Bertz CT molecular complexity index is 712. The molecular formula is C20H26N4O2. The number of pyridine rings is 1. The molecule has 1 aromatic carbocycles. The van der Waals surface area contributed by atoms with Gasteiger partial charge in [0, 0.05) is 56.6 Å². The number of benzene rings is 1. The number of carbonyl (C=O) groups is 1. The molecule has 0 saturated carbocycles. The average molecular weight is 354 g/mol. The quantitative estimate of drug-likeness (QED) is 0.712. The summed E-state index contributed by atoms with van der Waals surface area (Å²) >= 11 is 0. The first kappa shape index (κ1) is 18.2. The Hall–Kier alpha value is -2.60. The van der Waals surface area contributed by atoms with Gasteiger partial charge < -0.3 is 20.3 Å². The summed E-state index contributed by atoms with van der Waals surface area (Å²) < 4.78 is 5.03. The molecule has 1 aromatic heterocycles. The number of amides is 1. The summed E-state index contributed by atoms with van der Waals surface area (Å²) in [6.07, 6.45) is 5.05. The molecule has 3 rings (SSSR count). The predicted molar refractivity (Wildman–Crippen MR) is 105 cm³/mol. The summed E-state index contributed by atoms with van der Waals surface area (Å²) in [5.74, 6) is -0.209. The third-order valence-corrected chi connectivity index (χ3v) is 4.44. The molecule has 0 aliphatic carbocycles. The van der Waals surface area contributed by atoms with Crippen LogP contribution in [0.25, 0.3) is 0 Å². The lowest BCUT2D eigenvalue weighted by atomic mass is 10.2. The topological polar surface area (TPSA) is 66.5 Å². The molecule has 0 spiro atoms. The van der Waals surface area contributed by atoms with Gasteiger partial charge in [-0.2, -0.15) is 0 Å². The molecule has 1 aliphatic rings. The van der Waals surface area contributed by atoms with Gasteiger partial charge in [0.1, 0.15) is 5.69 Å². The van der Waals surface area contributed by atoms with Crippen LogP contribution in [-0.4, -0.2) is 44.2 Å². The highest BCUT2D eigenvalue weighted by Crippen LogP contribution is 2.22. The zero-order chi connectivity index (χ0) is 18.2. The van der Waals surface area contributed by atoms with E-state index >= 15 is 0 Å². The normalized spacial score (nSPS) is 13.7. The molecule has 2 N–H and O–H groups in total. The Labute approximate surface area is 154 Å². The van der Waals surface area contributed by atoms with E-state index in [0.717, 1.165) is 37.4 Å². The highest BCUT2D eigenvalue weighted by Gasteiger charge is 2.13. The lowest BCUT2D eigenvalue weighted by Gasteiger charge is -2.17. The van der Waals surface area contributed by atoms with Crippen molar-refractivity contribution in [3.63, 3.8) is 0 Å². The van der Waals surface area contributed by atoms with E-state index in [0.29, 0.717) is 12.3 Å². The van der Waals surface area contributed by atoms with Crippen molar-refractivity contribution in [3.05, 3.63) is 48.3 Å². The molecule has 0 radical (unpaired) electrons. The molecule has 1 amide bonds. The van der Waals surface area contributed by atoms with Gasteiger partial charge in [-0.1, -0.05) is 0 Å². The van der Waals surface area contributed by atoms with Crippen LogP contribution in [0.5, 0.6) is 0 Å². The maximum absolute atomic E-state index is 12.5. The first-order chi connectivity index (χ1) is 12.8. The molecule has 0 atom stereocenters. The summed E-state index contributed by atoms with van der Waals surface area (Å²) in [6, 6.07) is 11.6. The van der Waals surface area contributed by atoms with Crippen LogP contribution in [0.3, 0.4) is 0 Å². The van der Waals surface area contributed by atoms with Gasteiger partial charge in [-0.05, 0) is 55.7 Å². The Morgan fingerprint density at radius 1 is 1.15 bits per heavy atom. The number of nitrogens with zero attached hydrogens (tertiary/aromatic N) is 2. The van der Waals surface area contributed by atoms with Crippen molar-refractivity contribution in [2.45, 2.75) is 19.3 Å². The van der Waals surface area contributed by atoms with Crippen LogP contribution in [0.2, 0.25) is 0 Å². The smallest absolute Gasteiger partial charge is 0.274 e.